The Kier molecular flexibility index (Phi) is 3.83. The SMILES string of the molecule is COc1ccccc1OC1C(=O)N=C(C(F)(F)F)NC1=O. The van der Waals surface area contributed by atoms with Gasteiger partial charge in [0.15, 0.2) is 11.5 Å². The van der Waals surface area contributed by atoms with Crippen molar-refractivity contribution in [1.82, 2.24) is 5.32 Å². The summed E-state index contributed by atoms with van der Waals surface area (Å²) >= 11 is 0. The molecule has 0 fully saturated rings. The van der Waals surface area contributed by atoms with Gasteiger partial charge in [-0.3, -0.25) is 9.59 Å². The molecule has 1 aromatic rings. The fourth-order valence-corrected chi connectivity index (χ4v) is 1.57. The van der Waals surface area contributed by atoms with Gasteiger partial charge in [-0.15, -0.1) is 0 Å². The van der Waals surface area contributed by atoms with Gasteiger partial charge in [-0.05, 0) is 12.1 Å². The van der Waals surface area contributed by atoms with Crippen LogP contribution in [0.15, 0.2) is 29.3 Å². The Morgan fingerprint density at radius 1 is 1.19 bits per heavy atom. The fourth-order valence-electron chi connectivity index (χ4n) is 1.57. The third kappa shape index (κ3) is 3.12. The number of methoxy groups -OCH3 is 1. The van der Waals surface area contributed by atoms with Crippen molar-refractivity contribution in [3.8, 4) is 11.5 Å². The summed E-state index contributed by atoms with van der Waals surface area (Å²) in [5.41, 5.74) is 0. The Morgan fingerprint density at radius 3 is 2.33 bits per heavy atom. The largest absolute Gasteiger partial charge is 0.493 e. The smallest absolute Gasteiger partial charge is 0.449 e. The second-order valence-electron chi connectivity index (χ2n) is 3.93. The van der Waals surface area contributed by atoms with Crippen molar-refractivity contribution in [3.05, 3.63) is 24.3 Å². The topological polar surface area (TPSA) is 77.0 Å². The number of nitrogens with one attached hydrogen (secondary N) is 1. The van der Waals surface area contributed by atoms with E-state index in [9.17, 15) is 22.8 Å². The fraction of sp³-hybridized carbons (Fsp3) is 0.250. The zero-order valence-corrected chi connectivity index (χ0v) is 10.6. The number of carbonyl (C=O) groups is 2. The van der Waals surface area contributed by atoms with Crippen molar-refractivity contribution < 1.29 is 32.2 Å². The van der Waals surface area contributed by atoms with Crippen molar-refractivity contribution in [2.45, 2.75) is 12.3 Å². The predicted molar refractivity (Wildman–Crippen MR) is 64.0 cm³/mol. The lowest BCUT2D eigenvalue weighted by atomic mass is 10.2. The summed E-state index contributed by atoms with van der Waals surface area (Å²) in [6.07, 6.45) is -6.71. The molecule has 2 amide bonds. The highest BCUT2D eigenvalue weighted by molar-refractivity contribution is 6.19. The van der Waals surface area contributed by atoms with Gasteiger partial charge in [0, 0.05) is 0 Å². The number of hydrogen-bond acceptors (Lipinski definition) is 4. The van der Waals surface area contributed by atoms with Crippen LogP contribution < -0.4 is 14.8 Å². The number of ether oxygens (including phenoxy) is 2. The highest BCUT2D eigenvalue weighted by Gasteiger charge is 2.45. The molecule has 9 heteroatoms. The minimum Gasteiger partial charge on any atom is -0.493 e. The second-order valence-corrected chi connectivity index (χ2v) is 3.93. The summed E-state index contributed by atoms with van der Waals surface area (Å²) in [5, 5.41) is 1.49. The van der Waals surface area contributed by atoms with Gasteiger partial charge in [-0.2, -0.15) is 18.2 Å². The molecule has 21 heavy (non-hydrogen) atoms. The van der Waals surface area contributed by atoms with Crippen LogP contribution in [0.25, 0.3) is 0 Å². The monoisotopic (exact) mass is 302 g/mol. The van der Waals surface area contributed by atoms with E-state index < -0.39 is 29.9 Å². The maximum Gasteiger partial charge on any atom is 0.449 e. The molecule has 1 aliphatic heterocycles. The van der Waals surface area contributed by atoms with Gasteiger partial charge in [0.2, 0.25) is 5.84 Å². The highest BCUT2D eigenvalue weighted by Crippen LogP contribution is 2.28. The van der Waals surface area contributed by atoms with Crippen LogP contribution in [0.1, 0.15) is 0 Å². The molecule has 1 N–H and O–H groups in total. The molecule has 0 aromatic heterocycles. The molecule has 112 valence electrons. The number of rotatable bonds is 3. The van der Waals surface area contributed by atoms with E-state index in [1.807, 2.05) is 0 Å². The first kappa shape index (κ1) is 14.8. The van der Waals surface area contributed by atoms with Crippen LogP contribution in [-0.4, -0.2) is 37.0 Å². The average molecular weight is 302 g/mol. The van der Waals surface area contributed by atoms with E-state index in [1.165, 1.54) is 24.6 Å². The lowest BCUT2D eigenvalue weighted by Gasteiger charge is -2.22. The molecular formula is C12H9F3N2O4. The Morgan fingerprint density at radius 2 is 1.81 bits per heavy atom. The minimum atomic E-state index is -4.92. The number of carbonyl (C=O) groups excluding carboxylic acids is 2. The Balaban J connectivity index is 2.24. The molecule has 1 atom stereocenters. The van der Waals surface area contributed by atoms with Gasteiger partial charge in [0.05, 0.1) is 7.11 Å². The second kappa shape index (κ2) is 5.43. The average Bonchev–Trinajstić information content (AvgIpc) is 2.42. The molecular weight excluding hydrogens is 293 g/mol. The predicted octanol–water partition coefficient (Wildman–Crippen LogP) is 1.06. The van der Waals surface area contributed by atoms with Gasteiger partial charge in [-0.25, -0.2) is 0 Å². The van der Waals surface area contributed by atoms with E-state index >= 15 is 0 Å². The van der Waals surface area contributed by atoms with Crippen LogP contribution in [0.4, 0.5) is 13.2 Å². The van der Waals surface area contributed by atoms with Gasteiger partial charge in [0.25, 0.3) is 17.9 Å². The number of alkyl halides is 3. The Labute approximate surface area is 116 Å². The lowest BCUT2D eigenvalue weighted by Crippen LogP contribution is -2.54. The molecule has 1 aliphatic rings. The summed E-state index contributed by atoms with van der Waals surface area (Å²) in [5.74, 6) is -3.97. The molecule has 6 nitrogen and oxygen atoms in total. The molecule has 0 spiro atoms. The maximum absolute atomic E-state index is 12.4. The maximum atomic E-state index is 12.4. The van der Waals surface area contributed by atoms with Crippen molar-refractivity contribution in [2.24, 2.45) is 4.99 Å². The molecule has 0 bridgehead atoms. The van der Waals surface area contributed by atoms with Crippen LogP contribution in [0.3, 0.4) is 0 Å². The van der Waals surface area contributed by atoms with E-state index in [-0.39, 0.29) is 11.5 Å². The number of nitrogens with zero attached hydrogens (tertiary/aromatic N) is 1. The molecule has 0 saturated heterocycles. The zero-order valence-electron chi connectivity index (χ0n) is 10.6. The van der Waals surface area contributed by atoms with Gasteiger partial charge in [0.1, 0.15) is 0 Å². The quantitative estimate of drug-likeness (QED) is 0.847. The first-order chi connectivity index (χ1) is 9.82. The third-order valence-corrected chi connectivity index (χ3v) is 2.51. The van der Waals surface area contributed by atoms with E-state index in [2.05, 4.69) is 4.99 Å². The van der Waals surface area contributed by atoms with E-state index in [0.29, 0.717) is 0 Å². The molecule has 1 heterocycles. The number of aliphatic imine (C=N–C) groups is 1. The summed E-state index contributed by atoms with van der Waals surface area (Å²) in [7, 11) is 1.34. The van der Waals surface area contributed by atoms with E-state index in [0.717, 1.165) is 0 Å². The van der Waals surface area contributed by atoms with Crippen molar-refractivity contribution in [3.63, 3.8) is 0 Å². The number of para-hydroxylation sites is 2. The normalized spacial score (nSPS) is 18.9. The number of benzene rings is 1. The highest BCUT2D eigenvalue weighted by atomic mass is 19.4. The number of halogens is 3. The Bertz CT molecular complexity index is 613. The standard InChI is InChI=1S/C12H9F3N2O4/c1-20-6-4-2-3-5-7(6)21-8-9(18)16-11(12(13,14)15)17-10(8)19/h2-5,8H,1H3,(H,16,17,18,19). The van der Waals surface area contributed by atoms with Crippen LogP contribution in [0, 0.1) is 0 Å². The van der Waals surface area contributed by atoms with Gasteiger partial charge in [-0.1, -0.05) is 12.1 Å². The zero-order chi connectivity index (χ0) is 15.6. The first-order valence-electron chi connectivity index (χ1n) is 5.63. The van der Waals surface area contributed by atoms with Gasteiger partial charge < -0.3 is 14.8 Å². The van der Waals surface area contributed by atoms with E-state index in [4.69, 9.17) is 9.47 Å². The Hall–Kier alpha value is -2.58. The summed E-state index contributed by atoms with van der Waals surface area (Å²) in [6, 6.07) is 6.08. The van der Waals surface area contributed by atoms with Crippen LogP contribution in [0.2, 0.25) is 0 Å². The van der Waals surface area contributed by atoms with Crippen LogP contribution in [-0.2, 0) is 9.59 Å². The lowest BCUT2D eigenvalue weighted by molar-refractivity contribution is -0.139. The molecule has 0 radical (unpaired) electrons. The molecule has 0 aliphatic carbocycles. The van der Waals surface area contributed by atoms with Crippen LogP contribution in [0.5, 0.6) is 11.5 Å². The first-order valence-corrected chi connectivity index (χ1v) is 5.63. The minimum absolute atomic E-state index is 0.0409. The number of amidine groups is 1. The van der Waals surface area contributed by atoms with Gasteiger partial charge >= 0.3 is 6.18 Å². The summed E-state index contributed by atoms with van der Waals surface area (Å²) < 4.78 is 47.3. The number of amides is 2. The van der Waals surface area contributed by atoms with Crippen molar-refractivity contribution >= 4 is 17.6 Å². The summed E-state index contributed by atoms with van der Waals surface area (Å²) in [4.78, 5) is 25.9. The van der Waals surface area contributed by atoms with E-state index in [1.54, 1.807) is 12.1 Å². The summed E-state index contributed by atoms with van der Waals surface area (Å²) in [6.45, 7) is 0. The molecule has 1 aromatic carbocycles. The number of hydrogen-bond donors (Lipinski definition) is 1. The van der Waals surface area contributed by atoms with Crippen molar-refractivity contribution in [2.75, 3.05) is 7.11 Å². The molecule has 1 unspecified atom stereocenters. The van der Waals surface area contributed by atoms with Crippen molar-refractivity contribution in [1.29, 1.82) is 0 Å². The molecule has 0 saturated carbocycles. The molecule has 2 rings (SSSR count). The van der Waals surface area contributed by atoms with Crippen LogP contribution >= 0.6 is 0 Å². The third-order valence-electron chi connectivity index (χ3n) is 2.51.